The SMILES string of the molecule is COc1cccc(N(CCCC(=O)N(Cc2ccccc2Cl)[C@H](C)C(=O)NC2CCCCC2)S(C)(=O)=O)c1. The van der Waals surface area contributed by atoms with Gasteiger partial charge in [0.1, 0.15) is 11.8 Å². The molecule has 0 unspecified atom stereocenters. The van der Waals surface area contributed by atoms with E-state index < -0.39 is 16.1 Å². The highest BCUT2D eigenvalue weighted by molar-refractivity contribution is 7.92. The summed E-state index contributed by atoms with van der Waals surface area (Å²) in [6.45, 7) is 2.02. The molecule has 1 aliphatic carbocycles. The Morgan fingerprint density at radius 3 is 2.47 bits per heavy atom. The van der Waals surface area contributed by atoms with E-state index in [4.69, 9.17) is 16.3 Å². The highest BCUT2D eigenvalue weighted by atomic mass is 35.5. The molecule has 1 atom stereocenters. The van der Waals surface area contributed by atoms with Gasteiger partial charge >= 0.3 is 0 Å². The third-order valence-electron chi connectivity index (χ3n) is 6.91. The van der Waals surface area contributed by atoms with Gasteiger partial charge in [-0.05, 0) is 49.9 Å². The number of hydrogen-bond donors (Lipinski definition) is 1. The van der Waals surface area contributed by atoms with Gasteiger partial charge in [0.25, 0.3) is 0 Å². The van der Waals surface area contributed by atoms with Crippen molar-refractivity contribution >= 4 is 39.1 Å². The first-order chi connectivity index (χ1) is 18.1. The fraction of sp³-hybridized carbons (Fsp3) is 0.500. The lowest BCUT2D eigenvalue weighted by Gasteiger charge is -2.31. The van der Waals surface area contributed by atoms with Crippen LogP contribution in [0.25, 0.3) is 0 Å². The van der Waals surface area contributed by atoms with E-state index in [0.29, 0.717) is 16.5 Å². The van der Waals surface area contributed by atoms with Gasteiger partial charge in [-0.2, -0.15) is 0 Å². The van der Waals surface area contributed by atoms with Crippen molar-refractivity contribution in [2.75, 3.05) is 24.2 Å². The maximum atomic E-state index is 13.5. The van der Waals surface area contributed by atoms with Crippen LogP contribution in [-0.2, 0) is 26.2 Å². The zero-order valence-electron chi connectivity index (χ0n) is 22.4. The molecule has 0 aromatic heterocycles. The van der Waals surface area contributed by atoms with Gasteiger partial charge in [0.2, 0.25) is 21.8 Å². The Labute approximate surface area is 231 Å². The second kappa shape index (κ2) is 13.8. The predicted molar refractivity (Wildman–Crippen MR) is 151 cm³/mol. The van der Waals surface area contributed by atoms with Gasteiger partial charge in [0.05, 0.1) is 19.1 Å². The minimum Gasteiger partial charge on any atom is -0.497 e. The second-order valence-corrected chi connectivity index (χ2v) is 12.1. The summed E-state index contributed by atoms with van der Waals surface area (Å²) < 4.78 is 31.6. The van der Waals surface area contributed by atoms with Crippen molar-refractivity contribution < 1.29 is 22.7 Å². The van der Waals surface area contributed by atoms with E-state index in [-0.39, 0.29) is 43.8 Å². The molecule has 0 saturated heterocycles. The summed E-state index contributed by atoms with van der Waals surface area (Å²) in [6.07, 6.45) is 6.73. The zero-order chi connectivity index (χ0) is 27.7. The molecule has 38 heavy (non-hydrogen) atoms. The molecule has 0 aliphatic heterocycles. The Morgan fingerprint density at radius 2 is 1.82 bits per heavy atom. The molecular weight excluding hydrogens is 526 g/mol. The number of benzene rings is 2. The van der Waals surface area contributed by atoms with E-state index >= 15 is 0 Å². The van der Waals surface area contributed by atoms with Crippen LogP contribution in [0.4, 0.5) is 5.69 Å². The lowest BCUT2D eigenvalue weighted by atomic mass is 9.95. The number of amides is 2. The van der Waals surface area contributed by atoms with Crippen LogP contribution in [0, 0.1) is 0 Å². The summed E-state index contributed by atoms with van der Waals surface area (Å²) in [6, 6.07) is 13.5. The average Bonchev–Trinajstić information content (AvgIpc) is 2.90. The highest BCUT2D eigenvalue weighted by Crippen LogP contribution is 2.25. The first kappa shape index (κ1) is 29.8. The van der Waals surface area contributed by atoms with Crippen molar-refractivity contribution in [3.05, 3.63) is 59.1 Å². The number of ether oxygens (including phenoxy) is 1. The van der Waals surface area contributed by atoms with Crippen LogP contribution in [0.2, 0.25) is 5.02 Å². The number of nitrogens with one attached hydrogen (secondary N) is 1. The zero-order valence-corrected chi connectivity index (χ0v) is 23.9. The van der Waals surface area contributed by atoms with E-state index in [0.717, 1.165) is 37.5 Å². The molecule has 1 aliphatic rings. The molecule has 10 heteroatoms. The van der Waals surface area contributed by atoms with Crippen LogP contribution in [0.1, 0.15) is 57.4 Å². The number of sulfonamides is 1. The molecule has 3 rings (SSSR count). The number of rotatable bonds is 12. The van der Waals surface area contributed by atoms with Crippen LogP contribution >= 0.6 is 11.6 Å². The minimum atomic E-state index is -3.59. The number of hydrogen-bond acceptors (Lipinski definition) is 5. The Morgan fingerprint density at radius 1 is 1.11 bits per heavy atom. The minimum absolute atomic E-state index is 0.0709. The Bertz CT molecular complexity index is 1200. The molecule has 1 fully saturated rings. The molecule has 0 spiro atoms. The molecule has 8 nitrogen and oxygen atoms in total. The number of carbonyl (C=O) groups is 2. The molecule has 0 bridgehead atoms. The van der Waals surface area contributed by atoms with Gasteiger partial charge in [-0.3, -0.25) is 13.9 Å². The van der Waals surface area contributed by atoms with Crippen molar-refractivity contribution in [2.24, 2.45) is 0 Å². The first-order valence-corrected chi connectivity index (χ1v) is 15.3. The van der Waals surface area contributed by atoms with E-state index in [9.17, 15) is 18.0 Å². The summed E-state index contributed by atoms with van der Waals surface area (Å²) >= 11 is 6.38. The number of nitrogens with zero attached hydrogens (tertiary/aromatic N) is 2. The van der Waals surface area contributed by atoms with Crippen LogP contribution in [0.5, 0.6) is 5.75 Å². The molecule has 1 saturated carbocycles. The van der Waals surface area contributed by atoms with Crippen LogP contribution in [-0.4, -0.2) is 57.1 Å². The third-order valence-corrected chi connectivity index (χ3v) is 8.47. The summed E-state index contributed by atoms with van der Waals surface area (Å²) in [5.74, 6) is 0.109. The van der Waals surface area contributed by atoms with Crippen molar-refractivity contribution in [3.8, 4) is 5.75 Å². The predicted octanol–water partition coefficient (Wildman–Crippen LogP) is 4.76. The van der Waals surface area contributed by atoms with Crippen molar-refractivity contribution in [3.63, 3.8) is 0 Å². The van der Waals surface area contributed by atoms with Crippen molar-refractivity contribution in [1.29, 1.82) is 0 Å². The molecule has 0 radical (unpaired) electrons. The Hall–Kier alpha value is -2.78. The molecule has 2 aromatic rings. The summed E-state index contributed by atoms with van der Waals surface area (Å²) in [5.41, 5.74) is 1.21. The van der Waals surface area contributed by atoms with Gasteiger partial charge in [-0.15, -0.1) is 0 Å². The van der Waals surface area contributed by atoms with E-state index in [2.05, 4.69) is 5.32 Å². The fourth-order valence-electron chi connectivity index (χ4n) is 4.73. The smallest absolute Gasteiger partial charge is 0.242 e. The lowest BCUT2D eigenvalue weighted by Crippen LogP contribution is -2.50. The number of carbonyl (C=O) groups excluding carboxylic acids is 2. The maximum absolute atomic E-state index is 13.5. The summed E-state index contributed by atoms with van der Waals surface area (Å²) in [5, 5.41) is 3.64. The third kappa shape index (κ3) is 8.36. The summed E-state index contributed by atoms with van der Waals surface area (Å²) in [4.78, 5) is 28.2. The Balaban J connectivity index is 1.73. The monoisotopic (exact) mass is 563 g/mol. The van der Waals surface area contributed by atoms with Gasteiger partial charge in [0, 0.05) is 36.6 Å². The fourth-order valence-corrected chi connectivity index (χ4v) is 5.88. The quantitative estimate of drug-likeness (QED) is 0.401. The molecule has 208 valence electrons. The Kier molecular flexibility index (Phi) is 10.8. The standard InChI is InChI=1S/C28H38ClN3O5S/c1-21(28(34)30-23-12-5-4-6-13-23)31(20-22-11-7-8-16-26(22)29)27(33)17-10-18-32(38(3,35)36)24-14-9-15-25(19-24)37-2/h7-9,11,14-16,19,21,23H,4-6,10,12-13,17-18,20H2,1-3H3,(H,30,34)/t21-/m1/s1. The van der Waals surface area contributed by atoms with Crippen LogP contribution < -0.4 is 14.4 Å². The van der Waals surface area contributed by atoms with Crippen LogP contribution in [0.3, 0.4) is 0 Å². The molecule has 2 amide bonds. The number of methoxy groups -OCH3 is 1. The molecule has 0 heterocycles. The maximum Gasteiger partial charge on any atom is 0.242 e. The average molecular weight is 564 g/mol. The number of anilines is 1. The topological polar surface area (TPSA) is 96.0 Å². The van der Waals surface area contributed by atoms with Gasteiger partial charge < -0.3 is 15.0 Å². The largest absolute Gasteiger partial charge is 0.497 e. The van der Waals surface area contributed by atoms with E-state index in [1.165, 1.54) is 22.7 Å². The molecule has 1 N–H and O–H groups in total. The summed E-state index contributed by atoms with van der Waals surface area (Å²) in [7, 11) is -2.07. The van der Waals surface area contributed by atoms with E-state index in [1.807, 2.05) is 18.2 Å². The molecular formula is C28H38ClN3O5S. The number of halogens is 1. The first-order valence-electron chi connectivity index (χ1n) is 13.0. The van der Waals surface area contributed by atoms with Crippen molar-refractivity contribution in [2.45, 2.75) is 70.5 Å². The van der Waals surface area contributed by atoms with Gasteiger partial charge in [0.15, 0.2) is 0 Å². The highest BCUT2D eigenvalue weighted by Gasteiger charge is 2.29. The van der Waals surface area contributed by atoms with Gasteiger partial charge in [-0.25, -0.2) is 8.42 Å². The lowest BCUT2D eigenvalue weighted by molar-refractivity contribution is -0.141. The normalized spacial score (nSPS) is 14.9. The molecule has 2 aromatic carbocycles. The van der Waals surface area contributed by atoms with Gasteiger partial charge in [-0.1, -0.05) is 55.1 Å². The van der Waals surface area contributed by atoms with E-state index in [1.54, 1.807) is 37.3 Å². The second-order valence-electron chi connectivity index (χ2n) is 9.77. The van der Waals surface area contributed by atoms with Crippen LogP contribution in [0.15, 0.2) is 48.5 Å². The van der Waals surface area contributed by atoms with Crippen molar-refractivity contribution in [1.82, 2.24) is 10.2 Å².